The van der Waals surface area contributed by atoms with Gasteiger partial charge in [-0.3, -0.25) is 4.57 Å². The summed E-state index contributed by atoms with van der Waals surface area (Å²) >= 11 is 1.62. The van der Waals surface area contributed by atoms with Crippen LogP contribution in [-0.4, -0.2) is 35.0 Å². The molecule has 0 N–H and O–H groups in total. The van der Waals surface area contributed by atoms with E-state index in [4.69, 9.17) is 0 Å². The first kappa shape index (κ1) is 17.1. The number of nitrogens with zero attached hydrogens (tertiary/aromatic N) is 7. The molecule has 28 heavy (non-hydrogen) atoms. The van der Waals surface area contributed by atoms with Gasteiger partial charge in [0.1, 0.15) is 5.82 Å². The summed E-state index contributed by atoms with van der Waals surface area (Å²) in [5, 5.41) is 22.2. The largest absolute Gasteiger partial charge is 0.274 e. The third kappa shape index (κ3) is 3.20. The van der Waals surface area contributed by atoms with Gasteiger partial charge in [-0.1, -0.05) is 48.2 Å². The highest BCUT2D eigenvalue weighted by atomic mass is 32.2. The highest BCUT2D eigenvalue weighted by Gasteiger charge is 2.32. The van der Waals surface area contributed by atoms with Gasteiger partial charge >= 0.3 is 0 Å². The molecule has 2 heterocycles. The van der Waals surface area contributed by atoms with Gasteiger partial charge in [0.2, 0.25) is 0 Å². The molecule has 1 aliphatic rings. The maximum absolute atomic E-state index is 4.50. The van der Waals surface area contributed by atoms with Crippen LogP contribution in [0.15, 0.2) is 65.8 Å². The van der Waals surface area contributed by atoms with Gasteiger partial charge in [0, 0.05) is 11.6 Å². The molecule has 0 bridgehead atoms. The second-order valence-corrected chi connectivity index (χ2v) is 8.14. The van der Waals surface area contributed by atoms with Crippen molar-refractivity contribution in [3.63, 3.8) is 0 Å². The molecule has 140 valence electrons. The van der Waals surface area contributed by atoms with E-state index in [2.05, 4.69) is 49.3 Å². The number of hydrogen-bond acceptors (Lipinski definition) is 6. The van der Waals surface area contributed by atoms with Gasteiger partial charge < -0.3 is 0 Å². The van der Waals surface area contributed by atoms with E-state index < -0.39 is 0 Å². The zero-order chi connectivity index (χ0) is 18.9. The van der Waals surface area contributed by atoms with E-state index in [1.807, 2.05) is 48.5 Å². The van der Waals surface area contributed by atoms with Crippen LogP contribution in [0, 0.1) is 0 Å². The Balaban J connectivity index is 1.49. The number of thioether (sulfide) groups is 1. The van der Waals surface area contributed by atoms with Gasteiger partial charge in [-0.2, -0.15) is 4.68 Å². The number of tetrazole rings is 1. The molecule has 0 aliphatic heterocycles. The van der Waals surface area contributed by atoms with Gasteiger partial charge in [0.05, 0.1) is 10.9 Å². The van der Waals surface area contributed by atoms with Crippen molar-refractivity contribution in [3.05, 3.63) is 72.3 Å². The molecule has 1 saturated carbocycles. The quantitative estimate of drug-likeness (QED) is 0.465. The van der Waals surface area contributed by atoms with Gasteiger partial charge in [0.25, 0.3) is 0 Å². The lowest BCUT2D eigenvalue weighted by Gasteiger charge is -2.13. The number of aromatic nitrogens is 7. The molecule has 8 heteroatoms. The molecule has 5 rings (SSSR count). The van der Waals surface area contributed by atoms with Gasteiger partial charge in [-0.25, -0.2) is 0 Å². The summed E-state index contributed by atoms with van der Waals surface area (Å²) in [5.74, 6) is 2.34. The maximum atomic E-state index is 4.50. The van der Waals surface area contributed by atoms with E-state index in [-0.39, 0.29) is 5.25 Å². The van der Waals surface area contributed by atoms with Crippen molar-refractivity contribution in [2.45, 2.75) is 36.1 Å². The number of para-hydroxylation sites is 2. The lowest BCUT2D eigenvalue weighted by atomic mass is 10.3. The first-order valence-corrected chi connectivity index (χ1v) is 10.2. The summed E-state index contributed by atoms with van der Waals surface area (Å²) in [6.45, 7) is 2.09. The number of hydrogen-bond donors (Lipinski definition) is 0. The molecule has 2 aromatic carbocycles. The summed E-state index contributed by atoms with van der Waals surface area (Å²) in [5.41, 5.74) is 2.03. The Kier molecular flexibility index (Phi) is 4.40. The van der Waals surface area contributed by atoms with Crippen LogP contribution in [0.4, 0.5) is 0 Å². The van der Waals surface area contributed by atoms with E-state index in [9.17, 15) is 0 Å². The Bertz CT molecular complexity index is 1070. The van der Waals surface area contributed by atoms with Crippen LogP contribution < -0.4 is 0 Å². The molecule has 0 radical (unpaired) electrons. The molecular weight excluding hydrogens is 370 g/mol. The molecule has 1 atom stereocenters. The topological polar surface area (TPSA) is 74.3 Å². The molecule has 0 amide bonds. The summed E-state index contributed by atoms with van der Waals surface area (Å²) in [6, 6.07) is 20.2. The third-order valence-electron chi connectivity index (χ3n) is 4.76. The van der Waals surface area contributed by atoms with E-state index in [0.29, 0.717) is 5.92 Å². The SMILES string of the molecule is CC(Sc1nnc(C2CC2)n1-c1ccccc1)c1nnnn1-c1ccccc1. The fourth-order valence-electron chi connectivity index (χ4n) is 3.19. The van der Waals surface area contributed by atoms with Crippen molar-refractivity contribution in [1.82, 2.24) is 35.0 Å². The van der Waals surface area contributed by atoms with E-state index in [0.717, 1.165) is 28.2 Å². The molecule has 7 nitrogen and oxygen atoms in total. The van der Waals surface area contributed by atoms with Crippen LogP contribution in [0.3, 0.4) is 0 Å². The summed E-state index contributed by atoms with van der Waals surface area (Å²) in [7, 11) is 0. The van der Waals surface area contributed by atoms with Crippen molar-refractivity contribution < 1.29 is 0 Å². The molecule has 0 saturated heterocycles. The van der Waals surface area contributed by atoms with Gasteiger partial charge in [-0.15, -0.1) is 15.3 Å². The van der Waals surface area contributed by atoms with Gasteiger partial charge in [0.15, 0.2) is 11.0 Å². The Morgan fingerprint density at radius 2 is 1.57 bits per heavy atom. The highest BCUT2D eigenvalue weighted by molar-refractivity contribution is 7.99. The molecule has 2 aromatic heterocycles. The predicted molar refractivity (Wildman–Crippen MR) is 107 cm³/mol. The Morgan fingerprint density at radius 3 is 2.25 bits per heavy atom. The first-order valence-electron chi connectivity index (χ1n) is 9.32. The lowest BCUT2D eigenvalue weighted by Crippen LogP contribution is -2.06. The maximum Gasteiger partial charge on any atom is 0.196 e. The van der Waals surface area contributed by atoms with Crippen LogP contribution in [-0.2, 0) is 0 Å². The average Bonchev–Trinajstić information content (AvgIpc) is 3.31. The normalized spacial score (nSPS) is 14.9. The lowest BCUT2D eigenvalue weighted by molar-refractivity contribution is 0.760. The second kappa shape index (κ2) is 7.20. The van der Waals surface area contributed by atoms with E-state index in [1.54, 1.807) is 16.4 Å². The van der Waals surface area contributed by atoms with Crippen molar-refractivity contribution in [3.8, 4) is 11.4 Å². The fraction of sp³-hybridized carbons (Fsp3) is 0.250. The van der Waals surface area contributed by atoms with E-state index in [1.165, 1.54) is 12.8 Å². The molecule has 0 spiro atoms. The molecule has 4 aromatic rings. The monoisotopic (exact) mass is 389 g/mol. The minimum Gasteiger partial charge on any atom is -0.274 e. The minimum atomic E-state index is 0.00826. The Morgan fingerprint density at radius 1 is 0.893 bits per heavy atom. The fourth-order valence-corrected chi connectivity index (χ4v) is 4.16. The van der Waals surface area contributed by atoms with Crippen LogP contribution in [0.25, 0.3) is 11.4 Å². The number of rotatable bonds is 6. The van der Waals surface area contributed by atoms with Crippen molar-refractivity contribution in [2.24, 2.45) is 0 Å². The van der Waals surface area contributed by atoms with Crippen LogP contribution in [0.2, 0.25) is 0 Å². The first-order chi connectivity index (χ1) is 13.8. The van der Waals surface area contributed by atoms with E-state index >= 15 is 0 Å². The highest BCUT2D eigenvalue weighted by Crippen LogP contribution is 2.42. The Labute approximate surface area is 166 Å². The van der Waals surface area contributed by atoms with Crippen LogP contribution in [0.1, 0.15) is 42.6 Å². The standard InChI is InChI=1S/C20H19N7S/c1-14(18-22-24-25-27(18)17-10-6-3-7-11-17)28-20-23-21-19(15-12-13-15)26(20)16-8-4-2-5-9-16/h2-11,14-15H,12-13H2,1H3. The zero-order valence-electron chi connectivity index (χ0n) is 15.4. The van der Waals surface area contributed by atoms with Gasteiger partial charge in [-0.05, 0) is 54.5 Å². The molecule has 1 aliphatic carbocycles. The summed E-state index contributed by atoms with van der Waals surface area (Å²) in [4.78, 5) is 0. The van der Waals surface area contributed by atoms with Crippen molar-refractivity contribution in [1.29, 1.82) is 0 Å². The van der Waals surface area contributed by atoms with Crippen molar-refractivity contribution >= 4 is 11.8 Å². The zero-order valence-corrected chi connectivity index (χ0v) is 16.2. The van der Waals surface area contributed by atoms with Crippen molar-refractivity contribution in [2.75, 3.05) is 0 Å². The minimum absolute atomic E-state index is 0.00826. The summed E-state index contributed by atoms with van der Waals surface area (Å²) < 4.78 is 3.96. The molecular formula is C20H19N7S. The number of benzene rings is 2. The predicted octanol–water partition coefficient (Wildman–Crippen LogP) is 3.97. The Hall–Kier alpha value is -3.00. The summed E-state index contributed by atoms with van der Waals surface area (Å²) in [6.07, 6.45) is 2.36. The molecule has 1 fully saturated rings. The second-order valence-electron chi connectivity index (χ2n) is 6.83. The van der Waals surface area contributed by atoms with Crippen LogP contribution in [0.5, 0.6) is 0 Å². The average molecular weight is 389 g/mol. The smallest absolute Gasteiger partial charge is 0.196 e. The third-order valence-corrected chi connectivity index (χ3v) is 5.79. The van der Waals surface area contributed by atoms with Crippen LogP contribution >= 0.6 is 11.8 Å². The molecule has 1 unspecified atom stereocenters.